The maximum Gasteiger partial charge on any atom is 0.273 e. The third kappa shape index (κ3) is 6.04. The number of para-hydroxylation sites is 2. The van der Waals surface area contributed by atoms with Crippen LogP contribution in [0.1, 0.15) is 34.0 Å². The van der Waals surface area contributed by atoms with Crippen LogP contribution in [0.2, 0.25) is 5.02 Å². The largest absolute Gasteiger partial charge is 0.507 e. The number of rotatable bonds is 8. The van der Waals surface area contributed by atoms with Gasteiger partial charge >= 0.3 is 0 Å². The average molecular weight is 548 g/mol. The first-order chi connectivity index (χ1) is 18.2. The van der Waals surface area contributed by atoms with Crippen LogP contribution in [0.3, 0.4) is 0 Å². The molecule has 194 valence electrons. The Bertz CT molecular complexity index is 1590. The van der Waals surface area contributed by atoms with E-state index in [2.05, 4.69) is 10.5 Å². The normalized spacial score (nSPS) is 11.7. The number of anilines is 1. The molecule has 2 N–H and O–H groups in total. The minimum Gasteiger partial charge on any atom is -0.507 e. The van der Waals surface area contributed by atoms with Crippen molar-refractivity contribution in [1.29, 1.82) is 0 Å². The van der Waals surface area contributed by atoms with Crippen molar-refractivity contribution in [3.05, 3.63) is 124 Å². The van der Waals surface area contributed by atoms with Crippen molar-refractivity contribution < 1.29 is 18.3 Å². The summed E-state index contributed by atoms with van der Waals surface area (Å²) < 4.78 is 29.0. The van der Waals surface area contributed by atoms with Gasteiger partial charge in [0.1, 0.15) is 5.75 Å². The minimum absolute atomic E-state index is 0.0294. The molecule has 0 aliphatic heterocycles. The van der Waals surface area contributed by atoms with E-state index in [0.717, 1.165) is 5.56 Å². The monoisotopic (exact) mass is 547 g/mol. The number of hydrazone groups is 1. The molecule has 0 heterocycles. The Morgan fingerprint density at radius 3 is 2.16 bits per heavy atom. The van der Waals surface area contributed by atoms with Crippen molar-refractivity contribution in [2.24, 2.45) is 5.10 Å². The van der Waals surface area contributed by atoms with Crippen LogP contribution in [0.15, 0.2) is 107 Å². The summed E-state index contributed by atoms with van der Waals surface area (Å²) in [5, 5.41) is 14.7. The van der Waals surface area contributed by atoms with Crippen LogP contribution in [0.25, 0.3) is 0 Å². The second kappa shape index (κ2) is 11.5. The molecule has 4 rings (SSSR count). The molecule has 0 saturated carbocycles. The van der Waals surface area contributed by atoms with Gasteiger partial charge in [-0.1, -0.05) is 65.7 Å². The summed E-state index contributed by atoms with van der Waals surface area (Å²) in [7, 11) is -4.06. The SMILES string of the molecule is C/C(=N/NC(=O)c1ccccc1N(Cc1ccc(Cl)cc1)S(=O)(=O)c1ccc(C)cc1)c1ccccc1O. The van der Waals surface area contributed by atoms with Crippen molar-refractivity contribution in [1.82, 2.24) is 5.43 Å². The molecule has 4 aromatic rings. The third-order valence-corrected chi connectivity index (χ3v) is 7.91. The summed E-state index contributed by atoms with van der Waals surface area (Å²) in [4.78, 5) is 13.4. The molecule has 9 heteroatoms. The summed E-state index contributed by atoms with van der Waals surface area (Å²) in [6, 6.07) is 26.4. The lowest BCUT2D eigenvalue weighted by Gasteiger charge is -2.26. The van der Waals surface area contributed by atoms with Crippen molar-refractivity contribution >= 4 is 38.9 Å². The van der Waals surface area contributed by atoms with Gasteiger partial charge in [-0.25, -0.2) is 13.8 Å². The standard InChI is InChI=1S/C29H26ClN3O4S/c1-20-11-17-24(18-12-20)38(36,37)33(19-22-13-15-23(30)16-14-22)27-9-5-3-8-26(27)29(35)32-31-21(2)25-7-4-6-10-28(25)34/h3-18,34H,19H2,1-2H3,(H,32,35)/b31-21-. The van der Waals surface area contributed by atoms with Crippen molar-refractivity contribution in [2.45, 2.75) is 25.3 Å². The first-order valence-electron chi connectivity index (χ1n) is 11.7. The summed E-state index contributed by atoms with van der Waals surface area (Å²) in [6.07, 6.45) is 0. The van der Waals surface area contributed by atoms with E-state index in [4.69, 9.17) is 11.6 Å². The van der Waals surface area contributed by atoms with E-state index in [1.54, 1.807) is 91.9 Å². The highest BCUT2D eigenvalue weighted by atomic mass is 35.5. The van der Waals surface area contributed by atoms with Gasteiger partial charge < -0.3 is 5.11 Å². The van der Waals surface area contributed by atoms with Gasteiger partial charge in [-0.2, -0.15) is 5.10 Å². The molecule has 0 unspecified atom stereocenters. The number of aryl methyl sites for hydroxylation is 1. The fourth-order valence-electron chi connectivity index (χ4n) is 3.81. The number of hydrogen-bond acceptors (Lipinski definition) is 5. The Kier molecular flexibility index (Phi) is 8.14. The van der Waals surface area contributed by atoms with Gasteiger partial charge in [-0.3, -0.25) is 9.10 Å². The van der Waals surface area contributed by atoms with Crippen LogP contribution in [-0.2, 0) is 16.6 Å². The second-order valence-electron chi connectivity index (χ2n) is 8.62. The van der Waals surface area contributed by atoms with Gasteiger partial charge in [0, 0.05) is 10.6 Å². The molecule has 0 bridgehead atoms. The molecule has 7 nitrogen and oxygen atoms in total. The first kappa shape index (κ1) is 26.9. The Morgan fingerprint density at radius 2 is 1.50 bits per heavy atom. The smallest absolute Gasteiger partial charge is 0.273 e. The summed E-state index contributed by atoms with van der Waals surface area (Å²) in [6.45, 7) is 3.49. The van der Waals surface area contributed by atoms with Crippen LogP contribution < -0.4 is 9.73 Å². The minimum atomic E-state index is -4.06. The third-order valence-electron chi connectivity index (χ3n) is 5.88. The maximum absolute atomic E-state index is 13.9. The predicted molar refractivity (Wildman–Crippen MR) is 150 cm³/mol. The quantitative estimate of drug-likeness (QED) is 0.212. The number of nitrogens with one attached hydrogen (secondary N) is 1. The number of aromatic hydroxyl groups is 1. The molecule has 0 spiro atoms. The molecule has 0 aliphatic carbocycles. The average Bonchev–Trinajstić information content (AvgIpc) is 2.91. The molecule has 0 fully saturated rings. The first-order valence-corrected chi connectivity index (χ1v) is 13.5. The Balaban J connectivity index is 1.74. The topological polar surface area (TPSA) is 99.1 Å². The highest BCUT2D eigenvalue weighted by Crippen LogP contribution is 2.30. The lowest BCUT2D eigenvalue weighted by atomic mass is 10.1. The number of nitrogens with zero attached hydrogens (tertiary/aromatic N) is 2. The molecule has 0 saturated heterocycles. The number of carbonyl (C=O) groups is 1. The molecule has 0 aromatic heterocycles. The van der Waals surface area contributed by atoms with Crippen LogP contribution in [0.4, 0.5) is 5.69 Å². The van der Waals surface area contributed by atoms with Gasteiger partial charge in [0.05, 0.1) is 28.4 Å². The molecule has 38 heavy (non-hydrogen) atoms. The summed E-state index contributed by atoms with van der Waals surface area (Å²) >= 11 is 6.03. The van der Waals surface area contributed by atoms with E-state index >= 15 is 0 Å². The Morgan fingerprint density at radius 1 is 0.895 bits per heavy atom. The van der Waals surface area contributed by atoms with Gasteiger partial charge in [-0.05, 0) is 67.9 Å². The molecule has 1 amide bonds. The number of amides is 1. The number of phenols is 1. The van der Waals surface area contributed by atoms with Gasteiger partial charge in [-0.15, -0.1) is 0 Å². The van der Waals surface area contributed by atoms with E-state index < -0.39 is 15.9 Å². The Hall–Kier alpha value is -4.14. The number of phenolic OH excluding ortho intramolecular Hbond substituents is 1. The van der Waals surface area contributed by atoms with Crippen molar-refractivity contribution in [2.75, 3.05) is 4.31 Å². The van der Waals surface area contributed by atoms with E-state index in [0.29, 0.717) is 21.9 Å². The van der Waals surface area contributed by atoms with Crippen LogP contribution in [-0.4, -0.2) is 25.1 Å². The van der Waals surface area contributed by atoms with Gasteiger partial charge in [0.15, 0.2) is 0 Å². The zero-order chi connectivity index (χ0) is 27.3. The molecule has 0 atom stereocenters. The molecular weight excluding hydrogens is 522 g/mol. The summed E-state index contributed by atoms with van der Waals surface area (Å²) in [5.41, 5.74) is 5.26. The highest BCUT2D eigenvalue weighted by Gasteiger charge is 2.28. The lowest BCUT2D eigenvalue weighted by molar-refractivity contribution is 0.0955. The van der Waals surface area contributed by atoms with Crippen LogP contribution in [0.5, 0.6) is 5.75 Å². The van der Waals surface area contributed by atoms with Gasteiger partial charge in [0.25, 0.3) is 15.9 Å². The fourth-order valence-corrected chi connectivity index (χ4v) is 5.41. The zero-order valence-electron chi connectivity index (χ0n) is 20.8. The second-order valence-corrected chi connectivity index (χ2v) is 10.9. The van der Waals surface area contributed by atoms with Gasteiger partial charge in [0.2, 0.25) is 0 Å². The van der Waals surface area contributed by atoms with E-state index in [1.807, 2.05) is 6.92 Å². The number of benzene rings is 4. The van der Waals surface area contributed by atoms with Crippen LogP contribution >= 0.6 is 11.6 Å². The van der Waals surface area contributed by atoms with E-state index in [-0.39, 0.29) is 28.4 Å². The molecule has 0 radical (unpaired) electrons. The number of halogens is 1. The van der Waals surface area contributed by atoms with Crippen LogP contribution in [0, 0.1) is 6.92 Å². The molecule has 0 aliphatic rings. The number of hydrogen-bond donors (Lipinski definition) is 2. The predicted octanol–water partition coefficient (Wildman–Crippen LogP) is 5.90. The maximum atomic E-state index is 13.9. The Labute approximate surface area is 227 Å². The zero-order valence-corrected chi connectivity index (χ0v) is 22.4. The van der Waals surface area contributed by atoms with Crippen molar-refractivity contribution in [3.8, 4) is 5.75 Å². The number of carbonyl (C=O) groups excluding carboxylic acids is 1. The fraction of sp³-hybridized carbons (Fsp3) is 0.103. The molecule has 4 aromatic carbocycles. The summed E-state index contributed by atoms with van der Waals surface area (Å²) in [5.74, 6) is -0.572. The van der Waals surface area contributed by atoms with E-state index in [9.17, 15) is 18.3 Å². The highest BCUT2D eigenvalue weighted by molar-refractivity contribution is 7.92. The molecular formula is C29H26ClN3O4S. The lowest BCUT2D eigenvalue weighted by Crippen LogP contribution is -2.33. The number of sulfonamides is 1. The van der Waals surface area contributed by atoms with Crippen molar-refractivity contribution in [3.63, 3.8) is 0 Å². The van der Waals surface area contributed by atoms with E-state index in [1.165, 1.54) is 16.4 Å².